The monoisotopic (exact) mass is 407 g/mol. The predicted octanol–water partition coefficient (Wildman–Crippen LogP) is 3.28. The Morgan fingerprint density at radius 2 is 1.83 bits per heavy atom. The quantitative estimate of drug-likeness (QED) is 0.705. The third-order valence-corrected chi connectivity index (χ3v) is 7.61. The Morgan fingerprint density at radius 3 is 2.62 bits per heavy atom. The van der Waals surface area contributed by atoms with Crippen LogP contribution in [0, 0.1) is 0 Å². The van der Waals surface area contributed by atoms with Crippen LogP contribution in [0.3, 0.4) is 0 Å². The standard InChI is InChI=1S/C24H30N4S/c1-2-12-27-13-15-28(16-14-27)23-22-19-10-6-7-11-20(19)29-24(22)26-21(25-23)17-18-8-4-3-5-9-18/h3-5,8-9H,2,6-7,10-17H2,1H3/p+1. The van der Waals surface area contributed by atoms with Crippen molar-refractivity contribution in [1.82, 2.24) is 9.97 Å². The van der Waals surface area contributed by atoms with Crippen LogP contribution < -0.4 is 9.80 Å². The molecule has 3 heterocycles. The molecule has 1 aliphatic carbocycles. The first kappa shape index (κ1) is 19.0. The minimum Gasteiger partial charge on any atom is -0.345 e. The zero-order chi connectivity index (χ0) is 19.6. The van der Waals surface area contributed by atoms with Crippen LogP contribution in [0.4, 0.5) is 5.82 Å². The maximum Gasteiger partial charge on any atom is 0.141 e. The van der Waals surface area contributed by atoms with Gasteiger partial charge in [0.2, 0.25) is 0 Å². The topological polar surface area (TPSA) is 33.5 Å². The summed E-state index contributed by atoms with van der Waals surface area (Å²) in [5.41, 5.74) is 2.84. The van der Waals surface area contributed by atoms with E-state index < -0.39 is 0 Å². The molecule has 4 nitrogen and oxygen atoms in total. The van der Waals surface area contributed by atoms with E-state index >= 15 is 0 Å². The average molecular weight is 408 g/mol. The minimum atomic E-state index is 0.813. The van der Waals surface area contributed by atoms with Gasteiger partial charge in [-0.1, -0.05) is 37.3 Å². The van der Waals surface area contributed by atoms with Gasteiger partial charge in [-0.2, -0.15) is 0 Å². The van der Waals surface area contributed by atoms with Crippen molar-refractivity contribution >= 4 is 27.4 Å². The number of aromatic nitrogens is 2. The second-order valence-corrected chi connectivity index (χ2v) is 9.59. The molecule has 0 atom stereocenters. The fourth-order valence-electron chi connectivity index (χ4n) is 4.91. The number of aryl methyl sites for hydroxylation is 2. The lowest BCUT2D eigenvalue weighted by atomic mass is 9.96. The van der Waals surface area contributed by atoms with E-state index in [0.717, 1.165) is 25.3 Å². The zero-order valence-corrected chi connectivity index (χ0v) is 18.2. The van der Waals surface area contributed by atoms with Crippen molar-refractivity contribution in [1.29, 1.82) is 0 Å². The number of benzene rings is 1. The number of nitrogens with one attached hydrogen (secondary N) is 1. The van der Waals surface area contributed by atoms with Gasteiger partial charge in [-0.3, -0.25) is 0 Å². The second kappa shape index (κ2) is 8.41. The molecule has 5 rings (SSSR count). The SMILES string of the molecule is CCC[NH+]1CCN(c2nc(Cc3ccccc3)nc3sc4c(c23)CCCC4)CC1. The number of fused-ring (bicyclic) bond motifs is 3. The smallest absolute Gasteiger partial charge is 0.141 e. The summed E-state index contributed by atoms with van der Waals surface area (Å²) in [7, 11) is 0. The molecule has 152 valence electrons. The number of anilines is 1. The summed E-state index contributed by atoms with van der Waals surface area (Å²) in [6.45, 7) is 8.24. The normalized spacial score (nSPS) is 17.6. The van der Waals surface area contributed by atoms with Crippen molar-refractivity contribution in [3.05, 3.63) is 52.2 Å². The highest BCUT2D eigenvalue weighted by molar-refractivity contribution is 7.19. The van der Waals surface area contributed by atoms with E-state index in [2.05, 4.69) is 42.2 Å². The van der Waals surface area contributed by atoms with Gasteiger partial charge < -0.3 is 9.80 Å². The van der Waals surface area contributed by atoms with E-state index in [1.54, 1.807) is 15.3 Å². The second-order valence-electron chi connectivity index (χ2n) is 8.50. The van der Waals surface area contributed by atoms with Gasteiger partial charge in [0, 0.05) is 11.3 Å². The van der Waals surface area contributed by atoms with Crippen LogP contribution in [0.2, 0.25) is 0 Å². The van der Waals surface area contributed by atoms with Crippen molar-refractivity contribution in [2.75, 3.05) is 37.6 Å². The molecule has 0 amide bonds. The summed E-state index contributed by atoms with van der Waals surface area (Å²) in [4.78, 5) is 17.3. The Morgan fingerprint density at radius 1 is 1.03 bits per heavy atom. The van der Waals surface area contributed by atoms with Crippen molar-refractivity contribution < 1.29 is 4.90 Å². The lowest BCUT2D eigenvalue weighted by Gasteiger charge is -2.33. The summed E-state index contributed by atoms with van der Waals surface area (Å²) in [5, 5.41) is 1.38. The van der Waals surface area contributed by atoms with Gasteiger partial charge in [0.15, 0.2) is 0 Å². The number of piperazine rings is 1. The Bertz CT molecular complexity index is 973. The molecule has 1 aliphatic heterocycles. The van der Waals surface area contributed by atoms with Crippen LogP contribution >= 0.6 is 11.3 Å². The number of thiophene rings is 1. The number of quaternary nitrogens is 1. The summed E-state index contributed by atoms with van der Waals surface area (Å²) < 4.78 is 0. The lowest BCUT2D eigenvalue weighted by Crippen LogP contribution is -3.14. The van der Waals surface area contributed by atoms with Crippen molar-refractivity contribution in [2.45, 2.75) is 45.4 Å². The summed E-state index contributed by atoms with van der Waals surface area (Å²) in [6, 6.07) is 10.6. The molecule has 0 unspecified atom stereocenters. The average Bonchev–Trinajstić information content (AvgIpc) is 3.13. The Labute approximate surface area is 177 Å². The molecule has 1 aromatic carbocycles. The van der Waals surface area contributed by atoms with Gasteiger partial charge in [0.1, 0.15) is 16.5 Å². The molecule has 5 heteroatoms. The van der Waals surface area contributed by atoms with E-state index in [9.17, 15) is 0 Å². The molecule has 2 aliphatic rings. The zero-order valence-electron chi connectivity index (χ0n) is 17.4. The Hall–Kier alpha value is -1.98. The molecule has 1 N–H and O–H groups in total. The fourth-order valence-corrected chi connectivity index (χ4v) is 6.18. The third-order valence-electron chi connectivity index (χ3n) is 6.42. The Balaban J connectivity index is 1.53. The fraction of sp³-hybridized carbons (Fsp3) is 0.500. The van der Waals surface area contributed by atoms with E-state index in [1.807, 2.05) is 11.3 Å². The molecule has 29 heavy (non-hydrogen) atoms. The van der Waals surface area contributed by atoms with E-state index in [-0.39, 0.29) is 0 Å². The molecule has 2 aromatic heterocycles. The van der Waals surface area contributed by atoms with Gasteiger partial charge in [0.25, 0.3) is 0 Å². The molecule has 1 saturated heterocycles. The molecule has 3 aromatic rings. The summed E-state index contributed by atoms with van der Waals surface area (Å²) >= 11 is 1.93. The third kappa shape index (κ3) is 3.90. The summed E-state index contributed by atoms with van der Waals surface area (Å²) in [6.07, 6.45) is 7.12. The number of nitrogens with zero attached hydrogens (tertiary/aromatic N) is 3. The van der Waals surface area contributed by atoms with E-state index in [0.29, 0.717) is 0 Å². The molecular weight excluding hydrogens is 376 g/mol. The minimum absolute atomic E-state index is 0.813. The van der Waals surface area contributed by atoms with Crippen LogP contribution in [0.25, 0.3) is 10.2 Å². The summed E-state index contributed by atoms with van der Waals surface area (Å²) in [5.74, 6) is 2.19. The molecule has 0 spiro atoms. The van der Waals surface area contributed by atoms with Crippen LogP contribution in [0.1, 0.15) is 48.0 Å². The number of rotatable bonds is 5. The number of hydrogen-bond donors (Lipinski definition) is 1. The maximum absolute atomic E-state index is 5.18. The highest BCUT2D eigenvalue weighted by Crippen LogP contribution is 2.40. The van der Waals surface area contributed by atoms with Crippen molar-refractivity contribution in [2.24, 2.45) is 0 Å². The largest absolute Gasteiger partial charge is 0.345 e. The van der Waals surface area contributed by atoms with Gasteiger partial charge in [-0.05, 0) is 43.2 Å². The molecular formula is C24H31N4S+. The van der Waals surface area contributed by atoms with E-state index in [4.69, 9.17) is 9.97 Å². The first-order valence-electron chi connectivity index (χ1n) is 11.3. The molecule has 0 bridgehead atoms. The van der Waals surface area contributed by atoms with Crippen LogP contribution in [0.5, 0.6) is 0 Å². The first-order chi connectivity index (χ1) is 14.3. The van der Waals surface area contributed by atoms with Crippen LogP contribution in [-0.4, -0.2) is 42.7 Å². The van der Waals surface area contributed by atoms with Gasteiger partial charge in [0.05, 0.1) is 38.1 Å². The predicted molar refractivity (Wildman–Crippen MR) is 121 cm³/mol. The molecule has 0 saturated carbocycles. The number of hydrogen-bond acceptors (Lipinski definition) is 4. The van der Waals surface area contributed by atoms with Crippen LogP contribution in [0.15, 0.2) is 30.3 Å². The Kier molecular flexibility index (Phi) is 5.51. The van der Waals surface area contributed by atoms with Gasteiger partial charge >= 0.3 is 0 Å². The van der Waals surface area contributed by atoms with Crippen LogP contribution in [-0.2, 0) is 19.3 Å². The van der Waals surface area contributed by atoms with Crippen molar-refractivity contribution in [3.8, 4) is 0 Å². The highest BCUT2D eigenvalue weighted by Gasteiger charge is 2.27. The van der Waals surface area contributed by atoms with Gasteiger partial charge in [-0.25, -0.2) is 9.97 Å². The van der Waals surface area contributed by atoms with Crippen molar-refractivity contribution in [3.63, 3.8) is 0 Å². The molecule has 0 radical (unpaired) electrons. The van der Waals surface area contributed by atoms with Gasteiger partial charge in [-0.15, -0.1) is 11.3 Å². The van der Waals surface area contributed by atoms with E-state index in [1.165, 1.54) is 73.3 Å². The molecule has 1 fully saturated rings. The first-order valence-corrected chi connectivity index (χ1v) is 12.1. The maximum atomic E-state index is 5.18. The highest BCUT2D eigenvalue weighted by atomic mass is 32.1. The lowest BCUT2D eigenvalue weighted by molar-refractivity contribution is -0.900.